The Morgan fingerprint density at radius 3 is 2.75 bits per heavy atom. The molecule has 1 aliphatic heterocycles. The average Bonchev–Trinajstić information content (AvgIpc) is 2.46. The molecule has 1 aromatic rings. The van der Waals surface area contributed by atoms with Crippen LogP contribution in [0.25, 0.3) is 0 Å². The zero-order valence-electron chi connectivity index (χ0n) is 11.3. The van der Waals surface area contributed by atoms with Crippen LogP contribution >= 0.6 is 0 Å². The van der Waals surface area contributed by atoms with Crippen molar-refractivity contribution in [3.8, 4) is 0 Å². The molecule has 2 amide bonds. The molecule has 0 spiro atoms. The third kappa shape index (κ3) is 2.89. The maximum absolute atomic E-state index is 13.7. The van der Waals surface area contributed by atoms with Crippen molar-refractivity contribution in [1.29, 1.82) is 0 Å². The van der Waals surface area contributed by atoms with Crippen LogP contribution in [0, 0.1) is 11.7 Å². The van der Waals surface area contributed by atoms with Gasteiger partial charge in [0, 0.05) is 20.1 Å². The second-order valence-electron chi connectivity index (χ2n) is 4.92. The zero-order chi connectivity index (χ0) is 14.7. The molecular formula is C14H17FN2O3. The Kier molecular flexibility index (Phi) is 4.22. The molecule has 0 aliphatic carbocycles. The number of anilines is 1. The first kappa shape index (κ1) is 14.3. The number of rotatable bonds is 2. The van der Waals surface area contributed by atoms with E-state index >= 15 is 0 Å². The highest BCUT2D eigenvalue weighted by atomic mass is 19.1. The fourth-order valence-corrected chi connectivity index (χ4v) is 2.39. The maximum Gasteiger partial charge on any atom is 0.324 e. The van der Waals surface area contributed by atoms with E-state index in [0.29, 0.717) is 19.4 Å². The van der Waals surface area contributed by atoms with Gasteiger partial charge in [0.15, 0.2) is 0 Å². The number of carbonyl (C=O) groups is 2. The summed E-state index contributed by atoms with van der Waals surface area (Å²) in [6.07, 6.45) is 1.22. The molecule has 20 heavy (non-hydrogen) atoms. The van der Waals surface area contributed by atoms with Crippen LogP contribution in [0.3, 0.4) is 0 Å². The van der Waals surface area contributed by atoms with Gasteiger partial charge >= 0.3 is 12.0 Å². The van der Waals surface area contributed by atoms with E-state index in [4.69, 9.17) is 5.11 Å². The third-order valence-electron chi connectivity index (χ3n) is 3.54. The van der Waals surface area contributed by atoms with Gasteiger partial charge in [0.05, 0.1) is 11.6 Å². The van der Waals surface area contributed by atoms with Gasteiger partial charge in [0.2, 0.25) is 0 Å². The van der Waals surface area contributed by atoms with Crippen molar-refractivity contribution in [2.75, 3.05) is 25.0 Å². The monoisotopic (exact) mass is 280 g/mol. The SMILES string of the molecule is CN(C(=O)N1CCC[C@@H](C(=O)O)C1)c1ccccc1F. The minimum absolute atomic E-state index is 0.174. The average molecular weight is 280 g/mol. The minimum atomic E-state index is -0.893. The lowest BCUT2D eigenvalue weighted by atomic mass is 9.99. The smallest absolute Gasteiger partial charge is 0.324 e. The normalized spacial score (nSPS) is 18.7. The Labute approximate surface area is 116 Å². The van der Waals surface area contributed by atoms with Gasteiger partial charge in [0.25, 0.3) is 0 Å². The summed E-state index contributed by atoms with van der Waals surface area (Å²) < 4.78 is 13.7. The van der Waals surface area contributed by atoms with Crippen LogP contribution in [0.15, 0.2) is 24.3 Å². The summed E-state index contributed by atoms with van der Waals surface area (Å²) in [7, 11) is 1.49. The lowest BCUT2D eigenvalue weighted by Gasteiger charge is -2.33. The van der Waals surface area contributed by atoms with E-state index in [1.54, 1.807) is 12.1 Å². The summed E-state index contributed by atoms with van der Waals surface area (Å²) in [6.45, 7) is 0.675. The molecule has 0 unspecified atom stereocenters. The number of aliphatic carboxylic acids is 1. The van der Waals surface area contributed by atoms with Crippen molar-refractivity contribution in [3.63, 3.8) is 0 Å². The first-order chi connectivity index (χ1) is 9.50. The molecule has 1 N–H and O–H groups in total. The van der Waals surface area contributed by atoms with Crippen molar-refractivity contribution < 1.29 is 19.1 Å². The van der Waals surface area contributed by atoms with Crippen LogP contribution in [0.2, 0.25) is 0 Å². The van der Waals surface area contributed by atoms with Crippen LogP contribution in [0.5, 0.6) is 0 Å². The summed E-state index contributed by atoms with van der Waals surface area (Å²) >= 11 is 0. The first-order valence-electron chi connectivity index (χ1n) is 6.50. The topological polar surface area (TPSA) is 60.9 Å². The Balaban J connectivity index is 2.11. The lowest BCUT2D eigenvalue weighted by molar-refractivity contribution is -0.143. The fraction of sp³-hybridized carbons (Fsp3) is 0.429. The summed E-state index contributed by atoms with van der Waals surface area (Å²) in [6, 6.07) is 5.64. The summed E-state index contributed by atoms with van der Waals surface area (Å²) in [4.78, 5) is 26.0. The number of benzene rings is 1. The van der Waals surface area contributed by atoms with Crippen LogP contribution in [0.4, 0.5) is 14.9 Å². The lowest BCUT2D eigenvalue weighted by Crippen LogP contribution is -2.48. The second-order valence-corrected chi connectivity index (χ2v) is 4.92. The quantitative estimate of drug-likeness (QED) is 0.903. The second kappa shape index (κ2) is 5.90. The number of hydrogen-bond acceptors (Lipinski definition) is 2. The summed E-state index contributed by atoms with van der Waals surface area (Å²) in [5.74, 6) is -1.91. The highest BCUT2D eigenvalue weighted by Gasteiger charge is 2.30. The third-order valence-corrected chi connectivity index (χ3v) is 3.54. The molecule has 1 aromatic carbocycles. The molecule has 0 aromatic heterocycles. The predicted octanol–water partition coefficient (Wildman–Crippen LogP) is 2.18. The Hall–Kier alpha value is -2.11. The molecule has 1 saturated heterocycles. The number of amides is 2. The molecule has 1 heterocycles. The molecule has 6 heteroatoms. The standard InChI is InChI=1S/C14H17FN2O3/c1-16(12-7-3-2-6-11(12)15)14(20)17-8-4-5-10(9-17)13(18)19/h2-3,6-7,10H,4-5,8-9H2,1H3,(H,18,19)/t10-/m1/s1. The van der Waals surface area contributed by atoms with Gasteiger partial charge in [-0.25, -0.2) is 9.18 Å². The van der Waals surface area contributed by atoms with Crippen molar-refractivity contribution in [2.24, 2.45) is 5.92 Å². The number of likely N-dealkylation sites (tertiary alicyclic amines) is 1. The molecule has 5 nitrogen and oxygen atoms in total. The molecule has 1 fully saturated rings. The molecule has 108 valence electrons. The van der Waals surface area contributed by atoms with Crippen molar-refractivity contribution in [2.45, 2.75) is 12.8 Å². The predicted molar refractivity (Wildman–Crippen MR) is 72.1 cm³/mol. The van der Waals surface area contributed by atoms with Crippen LogP contribution < -0.4 is 4.90 Å². The molecule has 1 atom stereocenters. The summed E-state index contributed by atoms with van der Waals surface area (Å²) in [5.41, 5.74) is 0.190. The first-order valence-corrected chi connectivity index (χ1v) is 6.50. The molecule has 2 rings (SSSR count). The number of piperidine rings is 1. The van der Waals surface area contributed by atoms with E-state index < -0.39 is 17.7 Å². The Morgan fingerprint density at radius 2 is 2.10 bits per heavy atom. The number of carboxylic acid groups (broad SMARTS) is 1. The van der Waals surface area contributed by atoms with E-state index in [0.717, 1.165) is 0 Å². The van der Waals surface area contributed by atoms with Gasteiger partial charge in [-0.1, -0.05) is 12.1 Å². The number of urea groups is 1. The highest BCUT2D eigenvalue weighted by Crippen LogP contribution is 2.22. The van der Waals surface area contributed by atoms with Gasteiger partial charge in [-0.3, -0.25) is 9.69 Å². The molecule has 0 bridgehead atoms. The van der Waals surface area contributed by atoms with E-state index in [1.165, 1.54) is 29.0 Å². The molecule has 0 radical (unpaired) electrons. The molecule has 0 saturated carbocycles. The highest BCUT2D eigenvalue weighted by molar-refractivity contribution is 5.92. The van der Waals surface area contributed by atoms with E-state index in [1.807, 2.05) is 0 Å². The minimum Gasteiger partial charge on any atom is -0.481 e. The van der Waals surface area contributed by atoms with E-state index in [-0.39, 0.29) is 18.3 Å². The van der Waals surface area contributed by atoms with Crippen molar-refractivity contribution >= 4 is 17.7 Å². The number of nitrogens with zero attached hydrogens (tertiary/aromatic N) is 2. The largest absolute Gasteiger partial charge is 0.481 e. The number of halogens is 1. The van der Waals surface area contributed by atoms with Gasteiger partial charge in [-0.15, -0.1) is 0 Å². The van der Waals surface area contributed by atoms with Crippen LogP contribution in [-0.4, -0.2) is 42.1 Å². The fourth-order valence-electron chi connectivity index (χ4n) is 2.39. The number of carboxylic acids is 1. The number of carbonyl (C=O) groups excluding carboxylic acids is 1. The van der Waals surface area contributed by atoms with E-state index in [2.05, 4.69) is 0 Å². The van der Waals surface area contributed by atoms with Gasteiger partial charge < -0.3 is 10.0 Å². The molecule has 1 aliphatic rings. The summed E-state index contributed by atoms with van der Waals surface area (Å²) in [5, 5.41) is 9.03. The van der Waals surface area contributed by atoms with Crippen LogP contribution in [-0.2, 0) is 4.79 Å². The van der Waals surface area contributed by atoms with Crippen LogP contribution in [0.1, 0.15) is 12.8 Å². The van der Waals surface area contributed by atoms with Gasteiger partial charge in [-0.2, -0.15) is 0 Å². The number of para-hydroxylation sites is 1. The Morgan fingerprint density at radius 1 is 1.40 bits per heavy atom. The zero-order valence-corrected chi connectivity index (χ0v) is 11.3. The van der Waals surface area contributed by atoms with Gasteiger partial charge in [-0.05, 0) is 25.0 Å². The van der Waals surface area contributed by atoms with Crippen molar-refractivity contribution in [3.05, 3.63) is 30.1 Å². The Bertz CT molecular complexity index is 521. The van der Waals surface area contributed by atoms with Crippen molar-refractivity contribution in [1.82, 2.24) is 4.90 Å². The van der Waals surface area contributed by atoms with E-state index in [9.17, 15) is 14.0 Å². The maximum atomic E-state index is 13.7. The molecular weight excluding hydrogens is 263 g/mol. The number of hydrogen-bond donors (Lipinski definition) is 1. The van der Waals surface area contributed by atoms with Gasteiger partial charge in [0.1, 0.15) is 5.82 Å².